The molecule has 0 fully saturated rings. The number of aromatic nitrogens is 1. The highest BCUT2D eigenvalue weighted by atomic mass is 16.5. The molecule has 0 aliphatic carbocycles. The van der Waals surface area contributed by atoms with E-state index in [1.807, 2.05) is 48.1 Å². The van der Waals surface area contributed by atoms with Crippen molar-refractivity contribution in [2.24, 2.45) is 7.05 Å². The molecule has 0 bridgehead atoms. The van der Waals surface area contributed by atoms with Crippen LogP contribution in [0.5, 0.6) is 5.75 Å². The normalized spacial score (nSPS) is 9.81. The second-order valence-electron chi connectivity index (χ2n) is 3.53. The van der Waals surface area contributed by atoms with Crippen molar-refractivity contribution in [3.63, 3.8) is 0 Å². The predicted octanol–water partition coefficient (Wildman–Crippen LogP) is 2.57. The minimum Gasteiger partial charge on any atom is -0.497 e. The molecule has 0 aliphatic heterocycles. The fourth-order valence-corrected chi connectivity index (χ4v) is 1.67. The molecule has 0 unspecified atom stereocenters. The first kappa shape index (κ1) is 10.3. The first-order valence-electron chi connectivity index (χ1n) is 4.96. The smallest absolute Gasteiger partial charge is 0.127 e. The average molecular weight is 212 g/mol. The minimum absolute atomic E-state index is 0.671. The maximum Gasteiger partial charge on any atom is 0.127 e. The van der Waals surface area contributed by atoms with E-state index in [0.717, 1.165) is 16.9 Å². The molecule has 2 rings (SSSR count). The standard InChI is InChI=1S/C13H12N2O/c1-15-8-7-12(13(15)9-14)10-3-5-11(16-2)6-4-10/h3-8H,1-2H3. The van der Waals surface area contributed by atoms with E-state index in [0.29, 0.717) is 5.69 Å². The van der Waals surface area contributed by atoms with Crippen LogP contribution >= 0.6 is 0 Å². The van der Waals surface area contributed by atoms with E-state index >= 15 is 0 Å². The van der Waals surface area contributed by atoms with Crippen LogP contribution in [-0.2, 0) is 7.05 Å². The second kappa shape index (κ2) is 4.11. The maximum atomic E-state index is 9.05. The van der Waals surface area contributed by atoms with Gasteiger partial charge in [-0.2, -0.15) is 5.26 Å². The van der Waals surface area contributed by atoms with Gasteiger partial charge in [-0.25, -0.2) is 0 Å². The van der Waals surface area contributed by atoms with Crippen LogP contribution in [0.2, 0.25) is 0 Å². The summed E-state index contributed by atoms with van der Waals surface area (Å²) in [6, 6.07) is 11.8. The maximum absolute atomic E-state index is 9.05. The van der Waals surface area contributed by atoms with Crippen LogP contribution in [0.1, 0.15) is 5.69 Å². The summed E-state index contributed by atoms with van der Waals surface area (Å²) >= 11 is 0. The lowest BCUT2D eigenvalue weighted by molar-refractivity contribution is 0.415. The number of hydrogen-bond donors (Lipinski definition) is 0. The van der Waals surface area contributed by atoms with Gasteiger partial charge in [0.05, 0.1) is 7.11 Å². The summed E-state index contributed by atoms with van der Waals surface area (Å²) in [5.74, 6) is 0.818. The van der Waals surface area contributed by atoms with Gasteiger partial charge in [0.2, 0.25) is 0 Å². The highest BCUT2D eigenvalue weighted by Gasteiger charge is 2.08. The van der Waals surface area contributed by atoms with Crippen LogP contribution in [-0.4, -0.2) is 11.7 Å². The molecule has 2 aromatic rings. The first-order chi connectivity index (χ1) is 7.76. The summed E-state index contributed by atoms with van der Waals surface area (Å²) in [4.78, 5) is 0. The number of benzene rings is 1. The monoisotopic (exact) mass is 212 g/mol. The summed E-state index contributed by atoms with van der Waals surface area (Å²) in [5, 5.41) is 9.05. The van der Waals surface area contributed by atoms with Crippen molar-refractivity contribution in [3.8, 4) is 22.9 Å². The van der Waals surface area contributed by atoms with E-state index < -0.39 is 0 Å². The number of rotatable bonds is 2. The Kier molecular flexibility index (Phi) is 2.65. The number of nitrogens with zero attached hydrogens (tertiary/aromatic N) is 2. The van der Waals surface area contributed by atoms with Crippen LogP contribution in [0.3, 0.4) is 0 Å². The summed E-state index contributed by atoms with van der Waals surface area (Å²) in [6.45, 7) is 0. The Morgan fingerprint density at radius 1 is 1.19 bits per heavy atom. The van der Waals surface area contributed by atoms with E-state index in [4.69, 9.17) is 10.00 Å². The van der Waals surface area contributed by atoms with E-state index in [1.54, 1.807) is 7.11 Å². The van der Waals surface area contributed by atoms with Gasteiger partial charge in [0.15, 0.2) is 0 Å². The summed E-state index contributed by atoms with van der Waals surface area (Å²) in [6.07, 6.45) is 1.89. The summed E-state index contributed by atoms with van der Waals surface area (Å²) in [7, 11) is 3.50. The largest absolute Gasteiger partial charge is 0.497 e. The zero-order chi connectivity index (χ0) is 11.5. The Morgan fingerprint density at radius 3 is 2.44 bits per heavy atom. The minimum atomic E-state index is 0.671. The third-order valence-electron chi connectivity index (χ3n) is 2.58. The molecule has 16 heavy (non-hydrogen) atoms. The molecule has 0 spiro atoms. The summed E-state index contributed by atoms with van der Waals surface area (Å²) in [5.41, 5.74) is 2.65. The van der Waals surface area contributed by atoms with Gasteiger partial charge in [-0.05, 0) is 23.8 Å². The van der Waals surface area contributed by atoms with Gasteiger partial charge in [0, 0.05) is 18.8 Å². The molecular formula is C13H12N2O. The van der Waals surface area contributed by atoms with Gasteiger partial charge < -0.3 is 9.30 Å². The van der Waals surface area contributed by atoms with Crippen molar-refractivity contribution in [2.75, 3.05) is 7.11 Å². The van der Waals surface area contributed by atoms with Crippen LogP contribution in [0.4, 0.5) is 0 Å². The van der Waals surface area contributed by atoms with Crippen LogP contribution in [0.15, 0.2) is 36.5 Å². The number of ether oxygens (including phenoxy) is 1. The molecule has 0 saturated carbocycles. The molecule has 0 atom stereocenters. The zero-order valence-electron chi connectivity index (χ0n) is 9.27. The van der Waals surface area contributed by atoms with Crippen LogP contribution in [0, 0.1) is 11.3 Å². The number of nitriles is 1. The Morgan fingerprint density at radius 2 is 1.88 bits per heavy atom. The highest BCUT2D eigenvalue weighted by molar-refractivity contribution is 5.69. The Labute approximate surface area is 94.5 Å². The van der Waals surface area contributed by atoms with Gasteiger partial charge in [0.1, 0.15) is 17.5 Å². The van der Waals surface area contributed by atoms with Crippen molar-refractivity contribution in [1.82, 2.24) is 4.57 Å². The van der Waals surface area contributed by atoms with Crippen molar-refractivity contribution < 1.29 is 4.74 Å². The van der Waals surface area contributed by atoms with E-state index in [9.17, 15) is 0 Å². The highest BCUT2D eigenvalue weighted by Crippen LogP contribution is 2.25. The van der Waals surface area contributed by atoms with Gasteiger partial charge in [0.25, 0.3) is 0 Å². The first-order valence-corrected chi connectivity index (χ1v) is 4.96. The topological polar surface area (TPSA) is 38.0 Å². The third kappa shape index (κ3) is 1.66. The third-order valence-corrected chi connectivity index (χ3v) is 2.58. The number of aryl methyl sites for hydroxylation is 1. The van der Waals surface area contributed by atoms with E-state index in [2.05, 4.69) is 6.07 Å². The van der Waals surface area contributed by atoms with Crippen LogP contribution in [0.25, 0.3) is 11.1 Å². The molecule has 0 aliphatic rings. The molecule has 1 aromatic carbocycles. The second-order valence-corrected chi connectivity index (χ2v) is 3.53. The zero-order valence-corrected chi connectivity index (χ0v) is 9.27. The predicted molar refractivity (Wildman–Crippen MR) is 62.1 cm³/mol. The molecule has 0 amide bonds. The molecule has 0 radical (unpaired) electrons. The number of hydrogen-bond acceptors (Lipinski definition) is 2. The molecule has 1 heterocycles. The Hall–Kier alpha value is -2.21. The molecule has 0 saturated heterocycles. The van der Waals surface area contributed by atoms with Gasteiger partial charge in [-0.1, -0.05) is 12.1 Å². The Balaban J connectivity index is 2.47. The van der Waals surface area contributed by atoms with Gasteiger partial charge in [-0.3, -0.25) is 0 Å². The molecule has 80 valence electrons. The molecule has 3 heteroatoms. The van der Waals surface area contributed by atoms with Crippen LogP contribution < -0.4 is 4.74 Å². The van der Waals surface area contributed by atoms with Crippen molar-refractivity contribution in [1.29, 1.82) is 5.26 Å². The van der Waals surface area contributed by atoms with E-state index in [-0.39, 0.29) is 0 Å². The van der Waals surface area contributed by atoms with Crippen molar-refractivity contribution in [2.45, 2.75) is 0 Å². The lowest BCUT2D eigenvalue weighted by Gasteiger charge is -2.02. The van der Waals surface area contributed by atoms with Gasteiger partial charge >= 0.3 is 0 Å². The molecular weight excluding hydrogens is 200 g/mol. The average Bonchev–Trinajstić information content (AvgIpc) is 2.70. The molecule has 1 aromatic heterocycles. The fraction of sp³-hybridized carbons (Fsp3) is 0.154. The lowest BCUT2D eigenvalue weighted by Crippen LogP contribution is -1.90. The summed E-state index contributed by atoms with van der Waals surface area (Å²) < 4.78 is 6.92. The fourth-order valence-electron chi connectivity index (χ4n) is 1.67. The Bertz CT molecular complexity index is 532. The number of methoxy groups -OCH3 is 1. The lowest BCUT2D eigenvalue weighted by atomic mass is 10.1. The van der Waals surface area contributed by atoms with Gasteiger partial charge in [-0.15, -0.1) is 0 Å². The van der Waals surface area contributed by atoms with Crippen molar-refractivity contribution >= 4 is 0 Å². The molecule has 3 nitrogen and oxygen atoms in total. The van der Waals surface area contributed by atoms with E-state index in [1.165, 1.54) is 0 Å². The quantitative estimate of drug-likeness (QED) is 0.767. The van der Waals surface area contributed by atoms with Crippen molar-refractivity contribution in [3.05, 3.63) is 42.2 Å². The molecule has 0 N–H and O–H groups in total. The SMILES string of the molecule is COc1ccc(-c2ccn(C)c2C#N)cc1.